The SMILES string of the molecule is CC(C)CS(=O)(=O)[C@@H](OC[C@H]1O[C@@H](n2cnc3c(N)nc(Cl)nc32)[C@H](O)[C@@H]1O)P(=O)(O)O. The van der Waals surface area contributed by atoms with Gasteiger partial charge in [-0.25, -0.2) is 13.4 Å². The van der Waals surface area contributed by atoms with Crippen molar-refractivity contribution in [3.63, 3.8) is 0 Å². The molecule has 2 aromatic heterocycles. The Morgan fingerprint density at radius 2 is 1.97 bits per heavy atom. The minimum Gasteiger partial charge on any atom is -0.387 e. The molecule has 1 saturated heterocycles. The van der Waals surface area contributed by atoms with Gasteiger partial charge in [0.25, 0.3) is 5.18 Å². The number of anilines is 1. The maximum atomic E-state index is 12.4. The van der Waals surface area contributed by atoms with Crippen molar-refractivity contribution in [3.05, 3.63) is 11.6 Å². The summed E-state index contributed by atoms with van der Waals surface area (Å²) in [5, 5.41) is 18.2. The fourth-order valence-corrected chi connectivity index (χ4v) is 7.09. The van der Waals surface area contributed by atoms with Crippen molar-refractivity contribution in [2.45, 2.75) is 43.6 Å². The summed E-state index contributed by atoms with van der Waals surface area (Å²) in [7, 11) is -9.57. The highest BCUT2D eigenvalue weighted by atomic mass is 35.5. The molecule has 0 bridgehead atoms. The molecular weight excluding hydrogens is 493 g/mol. The van der Waals surface area contributed by atoms with Crippen molar-refractivity contribution < 1.29 is 42.5 Å². The van der Waals surface area contributed by atoms with E-state index in [9.17, 15) is 33.0 Å². The van der Waals surface area contributed by atoms with Gasteiger partial charge in [0, 0.05) is 0 Å². The smallest absolute Gasteiger partial charge is 0.369 e. The Kier molecular flexibility index (Phi) is 7.15. The molecule has 3 rings (SSSR count). The second-order valence-corrected chi connectivity index (χ2v) is 12.1. The predicted molar refractivity (Wildman–Crippen MR) is 111 cm³/mol. The van der Waals surface area contributed by atoms with Gasteiger partial charge in [-0.05, 0) is 17.5 Å². The van der Waals surface area contributed by atoms with Crippen molar-refractivity contribution in [3.8, 4) is 0 Å². The Hall–Kier alpha value is -1.42. The molecule has 0 unspecified atom stereocenters. The maximum Gasteiger partial charge on any atom is 0.369 e. The van der Waals surface area contributed by atoms with E-state index in [1.807, 2.05) is 0 Å². The van der Waals surface area contributed by atoms with E-state index in [1.54, 1.807) is 13.8 Å². The standard InChI is InChI=1S/C15H23ClN5O9PS/c1-6(2)4-32(27,28)15(31(24,25)26)29-3-7-9(22)10(23)13(30-7)21-5-18-8-11(17)19-14(16)20-12(8)21/h5-7,9-10,13,15,22-23H,3-4H2,1-2H3,(H2,17,19,20)(H2,24,25,26)/t7-,9-,10-,13-,15+/m1/s1. The third-order valence-electron chi connectivity index (χ3n) is 4.58. The van der Waals surface area contributed by atoms with Crippen LogP contribution in [0.25, 0.3) is 11.2 Å². The highest BCUT2D eigenvalue weighted by Gasteiger charge is 2.47. The number of fused-ring (bicyclic) bond motifs is 1. The van der Waals surface area contributed by atoms with Crippen LogP contribution in [0.5, 0.6) is 0 Å². The monoisotopic (exact) mass is 515 g/mol. The van der Waals surface area contributed by atoms with E-state index in [0.29, 0.717) is 0 Å². The van der Waals surface area contributed by atoms with Crippen LogP contribution in [-0.2, 0) is 23.9 Å². The Balaban J connectivity index is 1.82. The van der Waals surface area contributed by atoms with Gasteiger partial charge in [0.1, 0.15) is 23.8 Å². The van der Waals surface area contributed by atoms with Crippen molar-refractivity contribution in [2.75, 3.05) is 18.1 Å². The zero-order valence-electron chi connectivity index (χ0n) is 16.9. The number of nitrogens with two attached hydrogens (primary N) is 1. The van der Waals surface area contributed by atoms with Crippen LogP contribution in [0.2, 0.25) is 5.28 Å². The van der Waals surface area contributed by atoms with Crippen molar-refractivity contribution in [2.24, 2.45) is 5.92 Å². The third-order valence-corrected chi connectivity index (χ3v) is 9.12. The van der Waals surface area contributed by atoms with Gasteiger partial charge in [0.2, 0.25) is 5.28 Å². The molecule has 0 spiro atoms. The summed E-state index contributed by atoms with van der Waals surface area (Å²) in [5.74, 6) is -0.954. The lowest BCUT2D eigenvalue weighted by molar-refractivity contribution is -0.0648. The lowest BCUT2D eigenvalue weighted by atomic mass is 10.1. The number of imidazole rings is 1. The summed E-state index contributed by atoms with van der Waals surface area (Å²) in [5.41, 5.74) is 6.01. The fraction of sp³-hybridized carbons (Fsp3) is 0.667. The van der Waals surface area contributed by atoms with Crippen molar-refractivity contribution >= 4 is 46.0 Å². The van der Waals surface area contributed by atoms with Gasteiger partial charge in [0.15, 0.2) is 27.5 Å². The van der Waals surface area contributed by atoms with Crippen LogP contribution in [0, 0.1) is 5.92 Å². The van der Waals surface area contributed by atoms with Crippen LogP contribution in [0.1, 0.15) is 20.1 Å². The first-order valence-electron chi connectivity index (χ1n) is 9.28. The lowest BCUT2D eigenvalue weighted by Gasteiger charge is -2.23. The number of rotatable bonds is 8. The quantitative estimate of drug-likeness (QED) is 0.215. The highest BCUT2D eigenvalue weighted by Crippen LogP contribution is 2.46. The number of nitrogens with zero attached hydrogens (tertiary/aromatic N) is 4. The summed E-state index contributed by atoms with van der Waals surface area (Å²) < 4.78 is 48.4. The summed E-state index contributed by atoms with van der Waals surface area (Å²) in [6, 6.07) is 0. The van der Waals surface area contributed by atoms with E-state index in [2.05, 4.69) is 15.0 Å². The van der Waals surface area contributed by atoms with E-state index in [0.717, 1.165) is 0 Å². The molecule has 1 fully saturated rings. The number of hydrogen-bond acceptors (Lipinski definition) is 11. The topological polar surface area (TPSA) is 220 Å². The first kappa shape index (κ1) is 25.2. The molecule has 0 aliphatic carbocycles. The van der Waals surface area contributed by atoms with E-state index in [1.165, 1.54) is 10.9 Å². The Morgan fingerprint density at radius 3 is 2.56 bits per heavy atom. The van der Waals surface area contributed by atoms with Gasteiger partial charge >= 0.3 is 7.60 Å². The molecular formula is C15H23ClN5O9PS. The van der Waals surface area contributed by atoms with Gasteiger partial charge in [-0.3, -0.25) is 9.13 Å². The molecule has 0 amide bonds. The molecule has 1 aliphatic rings. The van der Waals surface area contributed by atoms with Gasteiger partial charge in [-0.15, -0.1) is 0 Å². The zero-order chi connectivity index (χ0) is 24.0. The second kappa shape index (κ2) is 9.08. The van der Waals surface area contributed by atoms with Crippen LogP contribution in [0.3, 0.4) is 0 Å². The van der Waals surface area contributed by atoms with E-state index in [4.69, 9.17) is 26.8 Å². The van der Waals surface area contributed by atoms with Crippen LogP contribution < -0.4 is 5.73 Å². The molecule has 2 aromatic rings. The van der Waals surface area contributed by atoms with E-state index >= 15 is 0 Å². The van der Waals surface area contributed by atoms with Crippen LogP contribution in [0.4, 0.5) is 5.82 Å². The van der Waals surface area contributed by atoms with Crippen LogP contribution in [-0.4, -0.2) is 83.8 Å². The van der Waals surface area contributed by atoms with Crippen molar-refractivity contribution in [1.29, 1.82) is 0 Å². The van der Waals surface area contributed by atoms with Crippen molar-refractivity contribution in [1.82, 2.24) is 19.5 Å². The van der Waals surface area contributed by atoms with Gasteiger partial charge in [-0.1, -0.05) is 13.8 Å². The Bertz CT molecular complexity index is 1140. The number of ether oxygens (including phenoxy) is 2. The first-order valence-corrected chi connectivity index (χ1v) is 13.1. The first-order chi connectivity index (χ1) is 14.7. The average Bonchev–Trinajstić information content (AvgIpc) is 3.15. The van der Waals surface area contributed by atoms with Crippen LogP contribution >= 0.6 is 19.2 Å². The number of nitrogen functional groups attached to an aromatic ring is 1. The molecule has 6 N–H and O–H groups in total. The minimum atomic E-state index is -5.22. The normalized spacial score (nSPS) is 25.6. The van der Waals surface area contributed by atoms with E-state index in [-0.39, 0.29) is 22.3 Å². The van der Waals surface area contributed by atoms with Gasteiger partial charge in [0.05, 0.1) is 18.7 Å². The molecule has 32 heavy (non-hydrogen) atoms. The molecule has 17 heteroatoms. The van der Waals surface area contributed by atoms with Crippen LogP contribution in [0.15, 0.2) is 6.33 Å². The Labute approximate surface area is 187 Å². The van der Waals surface area contributed by atoms with Gasteiger partial charge < -0.3 is 35.2 Å². The third kappa shape index (κ3) is 5.05. The number of aliphatic hydroxyl groups excluding tert-OH is 2. The highest BCUT2D eigenvalue weighted by molar-refractivity contribution is 7.98. The molecule has 5 atom stereocenters. The Morgan fingerprint density at radius 1 is 1.31 bits per heavy atom. The molecule has 0 saturated carbocycles. The lowest BCUT2D eigenvalue weighted by Crippen LogP contribution is -2.37. The molecule has 180 valence electrons. The fourth-order valence-electron chi connectivity index (χ4n) is 3.33. The summed E-state index contributed by atoms with van der Waals surface area (Å²) >= 11 is 5.81. The number of aromatic nitrogens is 4. The summed E-state index contributed by atoms with van der Waals surface area (Å²) in [6.07, 6.45) is -4.49. The second-order valence-electron chi connectivity index (χ2n) is 7.70. The molecule has 0 aromatic carbocycles. The minimum absolute atomic E-state index is 0.0217. The van der Waals surface area contributed by atoms with Gasteiger partial charge in [-0.2, -0.15) is 9.97 Å². The molecule has 14 nitrogen and oxygen atoms in total. The number of sulfone groups is 1. The molecule has 3 heterocycles. The molecule has 1 aliphatic heterocycles. The van der Waals surface area contributed by atoms with E-state index < -0.39 is 65.4 Å². The average molecular weight is 516 g/mol. The summed E-state index contributed by atoms with van der Waals surface area (Å²) in [6.45, 7) is 2.40. The predicted octanol–water partition coefficient (Wildman–Crippen LogP) is -0.770. The number of aliphatic hydroxyl groups is 2. The maximum absolute atomic E-state index is 12.4. The largest absolute Gasteiger partial charge is 0.387 e. The zero-order valence-corrected chi connectivity index (χ0v) is 19.4. The number of hydrogen-bond donors (Lipinski definition) is 5. The molecule has 0 radical (unpaired) electrons. The summed E-state index contributed by atoms with van der Waals surface area (Å²) in [4.78, 5) is 30.7. The number of halogens is 1.